The molecule has 1 aromatic carbocycles. The number of benzene rings is 1. The van der Waals surface area contributed by atoms with Crippen molar-refractivity contribution in [2.45, 2.75) is 0 Å². The Morgan fingerprint density at radius 3 is 2.14 bits per heavy atom. The third-order valence-corrected chi connectivity index (χ3v) is 2.60. The molecule has 106 valence electrons. The normalized spacial score (nSPS) is 9.29. The van der Waals surface area contributed by atoms with Gasteiger partial charge in [0.05, 0.1) is 21.5 Å². The second-order valence-electron chi connectivity index (χ2n) is 3.79. The Labute approximate surface area is 124 Å². The zero-order valence-electron chi connectivity index (χ0n) is 10.3. The van der Waals surface area contributed by atoms with Crippen molar-refractivity contribution in [2.24, 2.45) is 0 Å². The summed E-state index contributed by atoms with van der Waals surface area (Å²) in [6.07, 6.45) is 2.96. The highest BCUT2D eigenvalue weighted by Crippen LogP contribution is 2.24. The Hall–Kier alpha value is -3.05. The number of aromatic nitrogens is 1. The third-order valence-electron chi connectivity index (χ3n) is 2.60. The van der Waals surface area contributed by atoms with Gasteiger partial charge in [-0.3, -0.25) is 20.2 Å². The predicted molar refractivity (Wildman–Crippen MR) is 66.0 cm³/mol. The summed E-state index contributed by atoms with van der Waals surface area (Å²) in [4.78, 5) is 20.3. The summed E-state index contributed by atoms with van der Waals surface area (Å²) < 4.78 is 1.42. The lowest BCUT2D eigenvalue weighted by Gasteiger charge is -1.98. The molecule has 8 nitrogen and oxygen atoms in total. The first-order valence-electron chi connectivity index (χ1n) is 5.37. The zero-order valence-corrected chi connectivity index (χ0v) is 11.1. The fraction of sp³-hybridized carbons (Fsp3) is 0. The van der Waals surface area contributed by atoms with Gasteiger partial charge in [0.2, 0.25) is 0 Å². The third kappa shape index (κ3) is 3.29. The van der Waals surface area contributed by atoms with E-state index in [0.717, 1.165) is 6.07 Å². The van der Waals surface area contributed by atoms with E-state index in [-0.39, 0.29) is 29.5 Å². The standard InChI is InChI=1S/C12H7N4O4.ClH/c13-8-9-3-5-14(6-4-9)11-2-1-10(15(17)18)7-12(11)16(19)20;/h1-7H;1H/q+1;/p-1. The van der Waals surface area contributed by atoms with Gasteiger partial charge in [-0.05, 0) is 0 Å². The summed E-state index contributed by atoms with van der Waals surface area (Å²) >= 11 is 0. The minimum Gasteiger partial charge on any atom is -1.00 e. The molecule has 0 N–H and O–H groups in total. The minimum absolute atomic E-state index is 0. The average molecular weight is 307 g/mol. The van der Waals surface area contributed by atoms with Crippen LogP contribution in [0.25, 0.3) is 5.69 Å². The summed E-state index contributed by atoms with van der Waals surface area (Å²) in [5.41, 5.74) is -0.139. The molecule has 0 unspecified atom stereocenters. The number of non-ortho nitro benzene ring substituents is 1. The largest absolute Gasteiger partial charge is 1.00 e. The lowest BCUT2D eigenvalue weighted by atomic mass is 10.2. The molecule has 0 saturated heterocycles. The van der Waals surface area contributed by atoms with Crippen LogP contribution in [0.4, 0.5) is 11.4 Å². The van der Waals surface area contributed by atoms with Gasteiger partial charge in [-0.2, -0.15) is 9.83 Å². The van der Waals surface area contributed by atoms with E-state index < -0.39 is 9.85 Å². The maximum Gasteiger partial charge on any atom is 0.347 e. The lowest BCUT2D eigenvalue weighted by Crippen LogP contribution is -3.00. The first kappa shape index (κ1) is 16.0. The molecule has 0 aliphatic carbocycles. The van der Waals surface area contributed by atoms with Crippen LogP contribution >= 0.6 is 0 Å². The SMILES string of the molecule is N#Cc1cc[n+](-c2ccc([N+](=O)[O-])cc2[N+](=O)[O-])cc1.[Cl-]. The zero-order chi connectivity index (χ0) is 14.7. The molecule has 0 spiro atoms. The van der Waals surface area contributed by atoms with E-state index in [1.165, 1.54) is 41.2 Å². The maximum atomic E-state index is 11.0. The van der Waals surface area contributed by atoms with Crippen LogP contribution in [0.5, 0.6) is 0 Å². The summed E-state index contributed by atoms with van der Waals surface area (Å²) in [7, 11) is 0. The maximum absolute atomic E-state index is 11.0. The van der Waals surface area contributed by atoms with E-state index in [2.05, 4.69) is 0 Å². The minimum atomic E-state index is -0.694. The molecule has 0 aliphatic heterocycles. The van der Waals surface area contributed by atoms with Gasteiger partial charge in [0.1, 0.15) is 6.07 Å². The summed E-state index contributed by atoms with van der Waals surface area (Å²) in [5.74, 6) is 0. The van der Waals surface area contributed by atoms with Gasteiger partial charge in [0.15, 0.2) is 12.4 Å². The van der Waals surface area contributed by atoms with Crippen molar-refractivity contribution < 1.29 is 26.8 Å². The Balaban J connectivity index is 0.00000220. The van der Waals surface area contributed by atoms with Crippen LogP contribution in [-0.2, 0) is 0 Å². The molecule has 1 heterocycles. The van der Waals surface area contributed by atoms with E-state index in [1.807, 2.05) is 6.07 Å². The predicted octanol–water partition coefficient (Wildman–Crippen LogP) is -1.34. The van der Waals surface area contributed by atoms with E-state index >= 15 is 0 Å². The van der Waals surface area contributed by atoms with E-state index in [9.17, 15) is 20.2 Å². The fourth-order valence-electron chi connectivity index (χ4n) is 1.65. The summed E-state index contributed by atoms with van der Waals surface area (Å²) in [5, 5.41) is 30.4. The fourth-order valence-corrected chi connectivity index (χ4v) is 1.65. The first-order valence-corrected chi connectivity index (χ1v) is 5.37. The number of hydrogen-bond donors (Lipinski definition) is 0. The quantitative estimate of drug-likeness (QED) is 0.395. The van der Waals surface area contributed by atoms with Gasteiger partial charge in [0.25, 0.3) is 11.4 Å². The topological polar surface area (TPSA) is 114 Å². The molecule has 0 atom stereocenters. The van der Waals surface area contributed by atoms with Gasteiger partial charge < -0.3 is 12.4 Å². The Kier molecular flexibility index (Phi) is 4.88. The summed E-state index contributed by atoms with van der Waals surface area (Å²) in [6, 6.07) is 8.30. The van der Waals surface area contributed by atoms with Gasteiger partial charge in [-0.15, -0.1) is 0 Å². The molecule has 2 aromatic rings. The molecule has 1 aromatic heterocycles. The van der Waals surface area contributed by atoms with Crippen LogP contribution in [0, 0.1) is 31.6 Å². The molecule has 2 rings (SSSR count). The van der Waals surface area contributed by atoms with Crippen molar-refractivity contribution in [1.29, 1.82) is 5.26 Å². The van der Waals surface area contributed by atoms with Crippen molar-refractivity contribution >= 4 is 11.4 Å². The summed E-state index contributed by atoms with van der Waals surface area (Å²) in [6.45, 7) is 0. The average Bonchev–Trinajstić information content (AvgIpc) is 2.46. The second kappa shape index (κ2) is 6.40. The van der Waals surface area contributed by atoms with Crippen LogP contribution < -0.4 is 17.0 Å². The number of pyridine rings is 1. The van der Waals surface area contributed by atoms with Crippen LogP contribution in [0.15, 0.2) is 42.7 Å². The molecule has 21 heavy (non-hydrogen) atoms. The van der Waals surface area contributed by atoms with Crippen LogP contribution in [0.2, 0.25) is 0 Å². The molecule has 0 radical (unpaired) electrons. The molecule has 0 amide bonds. The first-order chi connectivity index (χ1) is 9.52. The van der Waals surface area contributed by atoms with Gasteiger partial charge >= 0.3 is 5.69 Å². The highest BCUT2D eigenvalue weighted by atomic mass is 35.5. The van der Waals surface area contributed by atoms with E-state index in [4.69, 9.17) is 5.26 Å². The molecule has 0 saturated carbocycles. The number of rotatable bonds is 3. The lowest BCUT2D eigenvalue weighted by molar-refractivity contribution is -0.601. The number of nitro benzene ring substituents is 2. The van der Waals surface area contributed by atoms with Crippen molar-refractivity contribution in [1.82, 2.24) is 0 Å². The Morgan fingerprint density at radius 2 is 1.67 bits per heavy atom. The van der Waals surface area contributed by atoms with Crippen molar-refractivity contribution in [3.63, 3.8) is 0 Å². The molecule has 9 heteroatoms. The van der Waals surface area contributed by atoms with Gasteiger partial charge in [0, 0.05) is 24.3 Å². The van der Waals surface area contributed by atoms with E-state index in [0.29, 0.717) is 5.56 Å². The Morgan fingerprint density at radius 1 is 1.05 bits per heavy atom. The molecule has 0 bridgehead atoms. The van der Waals surface area contributed by atoms with Crippen LogP contribution in [0.3, 0.4) is 0 Å². The van der Waals surface area contributed by atoms with Crippen molar-refractivity contribution in [3.05, 3.63) is 68.5 Å². The number of halogens is 1. The molecule has 0 aliphatic rings. The smallest absolute Gasteiger partial charge is 0.347 e. The van der Waals surface area contributed by atoms with Gasteiger partial charge in [-0.25, -0.2) is 0 Å². The van der Waals surface area contributed by atoms with Crippen molar-refractivity contribution in [2.75, 3.05) is 0 Å². The van der Waals surface area contributed by atoms with Crippen LogP contribution in [0.1, 0.15) is 5.56 Å². The number of nitriles is 1. The number of nitro groups is 2. The van der Waals surface area contributed by atoms with E-state index in [1.54, 1.807) is 0 Å². The number of nitrogens with zero attached hydrogens (tertiary/aromatic N) is 4. The monoisotopic (exact) mass is 306 g/mol. The molecular weight excluding hydrogens is 300 g/mol. The van der Waals surface area contributed by atoms with Crippen molar-refractivity contribution in [3.8, 4) is 11.8 Å². The number of hydrogen-bond acceptors (Lipinski definition) is 5. The highest BCUT2D eigenvalue weighted by molar-refractivity contribution is 5.53. The van der Waals surface area contributed by atoms with Gasteiger partial charge in [-0.1, -0.05) is 0 Å². The second-order valence-corrected chi connectivity index (χ2v) is 3.79. The van der Waals surface area contributed by atoms with Crippen LogP contribution in [-0.4, -0.2) is 9.85 Å². The molecular formula is C12H7ClN4O4. The Bertz CT molecular complexity index is 740. The molecule has 0 fully saturated rings. The highest BCUT2D eigenvalue weighted by Gasteiger charge is 2.25.